The molecule has 2 aromatic heterocycles. The lowest BCUT2D eigenvalue weighted by molar-refractivity contribution is 0.629. The summed E-state index contributed by atoms with van der Waals surface area (Å²) < 4.78 is 3.38. The lowest BCUT2D eigenvalue weighted by atomic mass is 10.0. The van der Waals surface area contributed by atoms with Crippen molar-refractivity contribution < 1.29 is 0 Å². The van der Waals surface area contributed by atoms with Gasteiger partial charge >= 0.3 is 0 Å². The first-order valence-electron chi connectivity index (χ1n) is 10.3. The van der Waals surface area contributed by atoms with E-state index < -0.39 is 0 Å². The Morgan fingerprint density at radius 1 is 0.867 bits per heavy atom. The predicted octanol–water partition coefficient (Wildman–Crippen LogP) is 4.66. The van der Waals surface area contributed by atoms with Crippen LogP contribution in [0.25, 0.3) is 27.4 Å². The molecule has 1 aliphatic carbocycles. The molecule has 0 spiro atoms. The SMILES string of the molecule is O=c1c2c(cnn2-c2ccccc2)c(C2CC2)nn1Cc1cccc2ccccc12. The molecule has 0 aliphatic heterocycles. The van der Waals surface area contributed by atoms with Gasteiger partial charge in [0.05, 0.1) is 24.1 Å². The molecule has 146 valence electrons. The van der Waals surface area contributed by atoms with Crippen LogP contribution in [0.1, 0.15) is 30.0 Å². The van der Waals surface area contributed by atoms with Gasteiger partial charge < -0.3 is 0 Å². The molecule has 1 fully saturated rings. The summed E-state index contributed by atoms with van der Waals surface area (Å²) in [5.41, 5.74) is 3.47. The van der Waals surface area contributed by atoms with Crippen molar-refractivity contribution in [1.82, 2.24) is 19.6 Å². The van der Waals surface area contributed by atoms with Crippen LogP contribution < -0.4 is 5.56 Å². The van der Waals surface area contributed by atoms with Crippen LogP contribution in [0, 0.1) is 0 Å². The number of hydrogen-bond acceptors (Lipinski definition) is 3. The Bertz CT molecular complexity index is 1440. The first-order chi connectivity index (χ1) is 14.8. The normalized spacial score (nSPS) is 13.9. The smallest absolute Gasteiger partial charge is 0.265 e. The molecule has 5 nitrogen and oxygen atoms in total. The van der Waals surface area contributed by atoms with Crippen LogP contribution in [0.5, 0.6) is 0 Å². The molecule has 3 aromatic carbocycles. The standard InChI is InChI=1S/C25H20N4O/c30-25-24-22(15-26-29(24)20-10-2-1-3-11-20)23(18-13-14-18)27-28(25)16-19-9-6-8-17-7-4-5-12-21(17)19/h1-12,15,18H,13-14,16H2. The molecule has 6 rings (SSSR count). The Morgan fingerprint density at radius 3 is 2.47 bits per heavy atom. The number of fused-ring (bicyclic) bond motifs is 2. The van der Waals surface area contributed by atoms with Crippen LogP contribution in [0.2, 0.25) is 0 Å². The highest BCUT2D eigenvalue weighted by molar-refractivity contribution is 5.86. The summed E-state index contributed by atoms with van der Waals surface area (Å²) in [6, 6.07) is 24.3. The highest BCUT2D eigenvalue weighted by atomic mass is 16.1. The Kier molecular flexibility index (Phi) is 3.81. The molecular formula is C25H20N4O. The summed E-state index contributed by atoms with van der Waals surface area (Å²) in [6.45, 7) is 0.440. The van der Waals surface area contributed by atoms with Gasteiger partial charge in [0.25, 0.3) is 5.56 Å². The van der Waals surface area contributed by atoms with Crippen LogP contribution in [0.3, 0.4) is 0 Å². The van der Waals surface area contributed by atoms with Crippen molar-refractivity contribution in [2.24, 2.45) is 0 Å². The maximum atomic E-state index is 13.6. The van der Waals surface area contributed by atoms with Gasteiger partial charge in [-0.1, -0.05) is 60.7 Å². The molecule has 0 atom stereocenters. The Hall–Kier alpha value is -3.73. The lowest BCUT2D eigenvalue weighted by Crippen LogP contribution is -2.26. The fourth-order valence-corrected chi connectivity index (χ4v) is 4.22. The van der Waals surface area contributed by atoms with Crippen molar-refractivity contribution in [2.75, 3.05) is 0 Å². The molecule has 5 aromatic rings. The first-order valence-corrected chi connectivity index (χ1v) is 10.3. The largest absolute Gasteiger partial charge is 0.293 e. The molecule has 2 heterocycles. The van der Waals surface area contributed by atoms with E-state index in [2.05, 4.69) is 29.4 Å². The van der Waals surface area contributed by atoms with Gasteiger partial charge in [-0.25, -0.2) is 9.36 Å². The van der Waals surface area contributed by atoms with Gasteiger partial charge in [-0.05, 0) is 41.3 Å². The van der Waals surface area contributed by atoms with Gasteiger partial charge in [-0.15, -0.1) is 0 Å². The lowest BCUT2D eigenvalue weighted by Gasteiger charge is -2.12. The molecular weight excluding hydrogens is 372 g/mol. The third kappa shape index (κ3) is 2.74. The fraction of sp³-hybridized carbons (Fsp3) is 0.160. The number of nitrogens with zero attached hydrogens (tertiary/aromatic N) is 4. The number of aromatic nitrogens is 4. The highest BCUT2D eigenvalue weighted by Crippen LogP contribution is 2.41. The van der Waals surface area contributed by atoms with Crippen molar-refractivity contribution in [1.29, 1.82) is 0 Å². The van der Waals surface area contributed by atoms with E-state index in [4.69, 9.17) is 5.10 Å². The van der Waals surface area contributed by atoms with E-state index in [1.807, 2.05) is 48.5 Å². The summed E-state index contributed by atoms with van der Waals surface area (Å²) >= 11 is 0. The van der Waals surface area contributed by atoms with Crippen LogP contribution >= 0.6 is 0 Å². The van der Waals surface area contributed by atoms with Crippen molar-refractivity contribution in [2.45, 2.75) is 25.3 Å². The molecule has 1 aliphatic rings. The minimum Gasteiger partial charge on any atom is -0.265 e. The zero-order chi connectivity index (χ0) is 20.1. The van der Waals surface area contributed by atoms with Crippen molar-refractivity contribution >= 4 is 21.7 Å². The summed E-state index contributed by atoms with van der Waals surface area (Å²) in [7, 11) is 0. The van der Waals surface area contributed by atoms with E-state index in [-0.39, 0.29) is 5.56 Å². The van der Waals surface area contributed by atoms with Crippen molar-refractivity contribution in [3.8, 4) is 5.69 Å². The van der Waals surface area contributed by atoms with E-state index in [0.29, 0.717) is 18.0 Å². The van der Waals surface area contributed by atoms with Crippen LogP contribution in [-0.4, -0.2) is 19.6 Å². The summed E-state index contributed by atoms with van der Waals surface area (Å²) in [5, 5.41) is 12.6. The molecule has 0 saturated heterocycles. The number of benzene rings is 3. The van der Waals surface area contributed by atoms with Gasteiger partial charge in [0.1, 0.15) is 5.52 Å². The first kappa shape index (κ1) is 17.2. The summed E-state index contributed by atoms with van der Waals surface area (Å²) in [6.07, 6.45) is 4.03. The van der Waals surface area contributed by atoms with Crippen LogP contribution in [0.4, 0.5) is 0 Å². The van der Waals surface area contributed by atoms with Gasteiger partial charge in [-0.2, -0.15) is 10.2 Å². The van der Waals surface area contributed by atoms with E-state index in [0.717, 1.165) is 40.6 Å². The topological polar surface area (TPSA) is 52.7 Å². The second kappa shape index (κ2) is 6.66. The minimum absolute atomic E-state index is 0.108. The number of hydrogen-bond donors (Lipinski definition) is 0. The highest BCUT2D eigenvalue weighted by Gasteiger charge is 2.30. The molecule has 0 amide bonds. The summed E-state index contributed by atoms with van der Waals surface area (Å²) in [5.74, 6) is 0.417. The predicted molar refractivity (Wildman–Crippen MR) is 118 cm³/mol. The van der Waals surface area contributed by atoms with Gasteiger partial charge in [-0.3, -0.25) is 4.79 Å². The number of rotatable bonds is 4. The van der Waals surface area contributed by atoms with Gasteiger partial charge in [0, 0.05) is 11.3 Å². The van der Waals surface area contributed by atoms with E-state index >= 15 is 0 Å². The molecule has 1 saturated carbocycles. The second-order valence-electron chi connectivity index (χ2n) is 7.91. The summed E-state index contributed by atoms with van der Waals surface area (Å²) in [4.78, 5) is 13.6. The minimum atomic E-state index is -0.108. The van der Waals surface area contributed by atoms with Crippen molar-refractivity contribution in [3.05, 3.63) is 101 Å². The van der Waals surface area contributed by atoms with E-state index in [1.54, 1.807) is 15.6 Å². The monoisotopic (exact) mass is 392 g/mol. The third-order valence-electron chi connectivity index (χ3n) is 5.88. The van der Waals surface area contributed by atoms with Crippen molar-refractivity contribution in [3.63, 3.8) is 0 Å². The molecule has 0 radical (unpaired) electrons. The maximum Gasteiger partial charge on any atom is 0.293 e. The van der Waals surface area contributed by atoms with Gasteiger partial charge in [0.15, 0.2) is 0 Å². The average Bonchev–Trinajstić information content (AvgIpc) is 3.54. The van der Waals surface area contributed by atoms with E-state index in [1.165, 1.54) is 5.39 Å². The molecule has 0 unspecified atom stereocenters. The van der Waals surface area contributed by atoms with Crippen LogP contribution in [0.15, 0.2) is 83.8 Å². The quantitative estimate of drug-likeness (QED) is 0.447. The molecule has 0 bridgehead atoms. The van der Waals surface area contributed by atoms with E-state index in [9.17, 15) is 4.79 Å². The zero-order valence-corrected chi connectivity index (χ0v) is 16.4. The average molecular weight is 392 g/mol. The second-order valence-corrected chi connectivity index (χ2v) is 7.91. The molecule has 30 heavy (non-hydrogen) atoms. The third-order valence-corrected chi connectivity index (χ3v) is 5.88. The Labute approximate surface area is 173 Å². The van der Waals surface area contributed by atoms with Gasteiger partial charge in [0.2, 0.25) is 0 Å². The van der Waals surface area contributed by atoms with Crippen LogP contribution in [-0.2, 0) is 6.54 Å². The Morgan fingerprint density at radius 2 is 1.63 bits per heavy atom. The Balaban J connectivity index is 1.57. The number of para-hydroxylation sites is 1. The maximum absolute atomic E-state index is 13.6. The molecule has 0 N–H and O–H groups in total. The molecule has 5 heteroatoms. The zero-order valence-electron chi connectivity index (χ0n) is 16.4. The fourth-order valence-electron chi connectivity index (χ4n) is 4.22.